The Morgan fingerprint density at radius 3 is 2.50 bits per heavy atom. The number of benzene rings is 2. The van der Waals surface area contributed by atoms with Gasteiger partial charge in [0.2, 0.25) is 0 Å². The zero-order valence-electron chi connectivity index (χ0n) is 12.9. The van der Waals surface area contributed by atoms with Crippen molar-refractivity contribution in [1.82, 2.24) is 5.32 Å². The van der Waals surface area contributed by atoms with Gasteiger partial charge in [-0.1, -0.05) is 49.7 Å². The van der Waals surface area contributed by atoms with Gasteiger partial charge >= 0.3 is 0 Å². The Labute approximate surface area is 142 Å². The second-order valence-corrected chi connectivity index (χ2v) is 6.38. The lowest BCUT2D eigenvalue weighted by molar-refractivity contribution is 0.866. The Hall–Kier alpha value is -1.58. The van der Waals surface area contributed by atoms with Gasteiger partial charge in [0, 0.05) is 17.3 Å². The zero-order valence-corrected chi connectivity index (χ0v) is 14.5. The molecule has 0 radical (unpaired) electrons. The van der Waals surface area contributed by atoms with Crippen molar-refractivity contribution >= 4 is 34.6 Å². The summed E-state index contributed by atoms with van der Waals surface area (Å²) < 4.78 is 0. The van der Waals surface area contributed by atoms with Gasteiger partial charge in [-0.05, 0) is 59.9 Å². The number of hydrogen-bond donors (Lipinski definition) is 2. The molecule has 0 aromatic heterocycles. The Bertz CT molecular complexity index is 623. The average molecular weight is 333 g/mol. The standard InChI is InChI=1S/C18H21ClN2S/c1-13(2)15-6-8-17(9-7-15)21-18(22)20-11-10-14-4-3-5-16(19)12-14/h3-9,12-13H,10-11H2,1-2H3,(H2,20,21,22). The molecule has 2 aromatic rings. The summed E-state index contributed by atoms with van der Waals surface area (Å²) in [5, 5.41) is 7.82. The fourth-order valence-corrected chi connectivity index (χ4v) is 2.57. The van der Waals surface area contributed by atoms with Crippen LogP contribution in [0.5, 0.6) is 0 Å². The highest BCUT2D eigenvalue weighted by Crippen LogP contribution is 2.17. The fourth-order valence-electron chi connectivity index (χ4n) is 2.14. The van der Waals surface area contributed by atoms with Crippen LogP contribution in [-0.4, -0.2) is 11.7 Å². The molecule has 0 spiro atoms. The molecule has 0 amide bonds. The van der Waals surface area contributed by atoms with E-state index in [9.17, 15) is 0 Å². The number of halogens is 1. The van der Waals surface area contributed by atoms with Crippen LogP contribution in [0, 0.1) is 0 Å². The summed E-state index contributed by atoms with van der Waals surface area (Å²) in [6, 6.07) is 16.2. The van der Waals surface area contributed by atoms with Crippen molar-refractivity contribution in [2.24, 2.45) is 0 Å². The number of rotatable bonds is 5. The lowest BCUT2D eigenvalue weighted by Gasteiger charge is -2.12. The Balaban J connectivity index is 1.78. The fraction of sp³-hybridized carbons (Fsp3) is 0.278. The second kappa shape index (κ2) is 8.16. The molecule has 0 bridgehead atoms. The van der Waals surface area contributed by atoms with Crippen molar-refractivity contribution in [3.63, 3.8) is 0 Å². The van der Waals surface area contributed by atoms with Crippen LogP contribution in [0.15, 0.2) is 48.5 Å². The molecular formula is C18H21ClN2S. The molecule has 2 aromatic carbocycles. The summed E-state index contributed by atoms with van der Waals surface area (Å²) in [5.74, 6) is 0.539. The van der Waals surface area contributed by atoms with Crippen molar-refractivity contribution in [3.05, 3.63) is 64.7 Å². The van der Waals surface area contributed by atoms with Crippen LogP contribution in [0.1, 0.15) is 30.9 Å². The topological polar surface area (TPSA) is 24.1 Å². The average Bonchev–Trinajstić information content (AvgIpc) is 2.48. The van der Waals surface area contributed by atoms with Crippen molar-refractivity contribution in [2.45, 2.75) is 26.2 Å². The van der Waals surface area contributed by atoms with Crippen molar-refractivity contribution in [2.75, 3.05) is 11.9 Å². The lowest BCUT2D eigenvalue weighted by atomic mass is 10.0. The van der Waals surface area contributed by atoms with E-state index in [0.29, 0.717) is 11.0 Å². The predicted octanol–water partition coefficient (Wildman–Crippen LogP) is 4.99. The van der Waals surface area contributed by atoms with E-state index in [1.165, 1.54) is 11.1 Å². The van der Waals surface area contributed by atoms with Gasteiger partial charge in [-0.15, -0.1) is 0 Å². The summed E-state index contributed by atoms with van der Waals surface area (Å²) in [4.78, 5) is 0. The van der Waals surface area contributed by atoms with E-state index in [1.54, 1.807) is 0 Å². The van der Waals surface area contributed by atoms with Crippen molar-refractivity contribution < 1.29 is 0 Å². The van der Waals surface area contributed by atoms with E-state index in [4.69, 9.17) is 23.8 Å². The third-order valence-electron chi connectivity index (χ3n) is 3.42. The van der Waals surface area contributed by atoms with Crippen LogP contribution in [0.25, 0.3) is 0 Å². The first-order valence-corrected chi connectivity index (χ1v) is 8.22. The third-order valence-corrected chi connectivity index (χ3v) is 3.90. The maximum absolute atomic E-state index is 5.97. The lowest BCUT2D eigenvalue weighted by Crippen LogP contribution is -2.30. The molecular weight excluding hydrogens is 312 g/mol. The minimum Gasteiger partial charge on any atom is -0.362 e. The van der Waals surface area contributed by atoms with Crippen molar-refractivity contribution in [3.8, 4) is 0 Å². The number of nitrogens with one attached hydrogen (secondary N) is 2. The SMILES string of the molecule is CC(C)c1ccc(NC(=S)NCCc2cccc(Cl)c2)cc1. The number of thiocarbonyl (C=S) groups is 1. The van der Waals surface area contributed by atoms with E-state index in [2.05, 4.69) is 54.8 Å². The van der Waals surface area contributed by atoms with Gasteiger partial charge in [0.25, 0.3) is 0 Å². The first kappa shape index (κ1) is 16.8. The van der Waals surface area contributed by atoms with Gasteiger partial charge in [-0.2, -0.15) is 0 Å². The highest BCUT2D eigenvalue weighted by atomic mass is 35.5. The largest absolute Gasteiger partial charge is 0.362 e. The maximum Gasteiger partial charge on any atom is 0.170 e. The first-order chi connectivity index (χ1) is 10.5. The van der Waals surface area contributed by atoms with E-state index in [1.807, 2.05) is 18.2 Å². The van der Waals surface area contributed by atoms with Crippen LogP contribution in [0.4, 0.5) is 5.69 Å². The molecule has 0 aliphatic carbocycles. The van der Waals surface area contributed by atoms with Crippen LogP contribution in [0.3, 0.4) is 0 Å². The molecule has 0 atom stereocenters. The summed E-state index contributed by atoms with van der Waals surface area (Å²) in [5.41, 5.74) is 3.53. The molecule has 0 unspecified atom stereocenters. The van der Waals surface area contributed by atoms with Crippen LogP contribution in [0.2, 0.25) is 5.02 Å². The van der Waals surface area contributed by atoms with Crippen LogP contribution >= 0.6 is 23.8 Å². The third kappa shape index (κ3) is 5.32. The van der Waals surface area contributed by atoms with E-state index < -0.39 is 0 Å². The molecule has 22 heavy (non-hydrogen) atoms. The molecule has 0 saturated carbocycles. The van der Waals surface area contributed by atoms with Gasteiger partial charge in [0.1, 0.15) is 0 Å². The first-order valence-electron chi connectivity index (χ1n) is 7.44. The summed E-state index contributed by atoms with van der Waals surface area (Å²) in [6.45, 7) is 5.14. The number of hydrogen-bond acceptors (Lipinski definition) is 1. The van der Waals surface area contributed by atoms with Gasteiger partial charge in [0.15, 0.2) is 5.11 Å². The highest BCUT2D eigenvalue weighted by molar-refractivity contribution is 7.80. The number of anilines is 1. The van der Waals surface area contributed by atoms with Crippen LogP contribution in [-0.2, 0) is 6.42 Å². The molecule has 2 nitrogen and oxygen atoms in total. The monoisotopic (exact) mass is 332 g/mol. The molecule has 0 aliphatic rings. The minimum atomic E-state index is 0.539. The maximum atomic E-state index is 5.97. The summed E-state index contributed by atoms with van der Waals surface area (Å²) >= 11 is 11.3. The van der Waals surface area contributed by atoms with Crippen molar-refractivity contribution in [1.29, 1.82) is 0 Å². The molecule has 0 fully saturated rings. The Morgan fingerprint density at radius 1 is 1.14 bits per heavy atom. The van der Waals surface area contributed by atoms with Gasteiger partial charge in [0.05, 0.1) is 0 Å². The molecule has 0 aliphatic heterocycles. The molecule has 2 rings (SSSR count). The zero-order chi connectivity index (χ0) is 15.9. The quantitative estimate of drug-likeness (QED) is 0.754. The van der Waals surface area contributed by atoms with Gasteiger partial charge in [-0.3, -0.25) is 0 Å². The Morgan fingerprint density at radius 2 is 1.86 bits per heavy atom. The molecule has 0 saturated heterocycles. The summed E-state index contributed by atoms with van der Waals surface area (Å²) in [6.07, 6.45) is 0.884. The van der Waals surface area contributed by atoms with E-state index in [-0.39, 0.29) is 0 Å². The van der Waals surface area contributed by atoms with Crippen LogP contribution < -0.4 is 10.6 Å². The Kier molecular flexibility index (Phi) is 6.22. The molecule has 2 N–H and O–H groups in total. The minimum absolute atomic E-state index is 0.539. The van der Waals surface area contributed by atoms with E-state index >= 15 is 0 Å². The molecule has 116 valence electrons. The predicted molar refractivity (Wildman–Crippen MR) is 99.9 cm³/mol. The molecule has 0 heterocycles. The second-order valence-electron chi connectivity index (χ2n) is 5.54. The van der Waals surface area contributed by atoms with Gasteiger partial charge < -0.3 is 10.6 Å². The summed E-state index contributed by atoms with van der Waals surface area (Å²) in [7, 11) is 0. The normalized spacial score (nSPS) is 10.5. The van der Waals surface area contributed by atoms with Gasteiger partial charge in [-0.25, -0.2) is 0 Å². The van der Waals surface area contributed by atoms with E-state index in [0.717, 1.165) is 23.7 Å². The molecule has 4 heteroatoms. The highest BCUT2D eigenvalue weighted by Gasteiger charge is 2.01. The smallest absolute Gasteiger partial charge is 0.170 e.